The second-order valence-corrected chi connectivity index (χ2v) is 5.11. The maximum absolute atomic E-state index is 12.0. The Morgan fingerprint density at radius 1 is 1.00 bits per heavy atom. The number of esters is 1. The molecular formula is C15H16O4. The molecule has 19 heavy (non-hydrogen) atoms. The first-order valence-electron chi connectivity index (χ1n) is 6.64. The van der Waals surface area contributed by atoms with E-state index in [0.29, 0.717) is 37.9 Å². The van der Waals surface area contributed by atoms with Crippen molar-refractivity contribution in [2.45, 2.75) is 37.9 Å². The molecule has 0 unspecified atom stereocenters. The predicted octanol–water partition coefficient (Wildman–Crippen LogP) is 1.91. The van der Waals surface area contributed by atoms with Gasteiger partial charge >= 0.3 is 5.97 Å². The van der Waals surface area contributed by atoms with E-state index >= 15 is 0 Å². The number of rotatable bonds is 0. The summed E-state index contributed by atoms with van der Waals surface area (Å²) in [5.74, 6) is -0.0347. The molecule has 2 atom stereocenters. The summed E-state index contributed by atoms with van der Waals surface area (Å²) < 4.78 is 11.2. The molecular weight excluding hydrogens is 244 g/mol. The Hall–Kier alpha value is -1.68. The van der Waals surface area contributed by atoms with Gasteiger partial charge in [-0.05, 0) is 18.1 Å². The average molecular weight is 260 g/mol. The third kappa shape index (κ3) is 2.68. The molecule has 0 N–H and O–H groups in total. The molecule has 2 bridgehead atoms. The second kappa shape index (κ2) is 5.13. The van der Waals surface area contributed by atoms with Crippen molar-refractivity contribution in [1.82, 2.24) is 0 Å². The van der Waals surface area contributed by atoms with Crippen molar-refractivity contribution >= 4 is 11.8 Å². The molecule has 0 aromatic heterocycles. The molecule has 0 saturated carbocycles. The number of hydrogen-bond acceptors (Lipinski definition) is 4. The fraction of sp³-hybridized carbons (Fsp3) is 0.467. The highest BCUT2D eigenvalue weighted by Crippen LogP contribution is 2.24. The van der Waals surface area contributed by atoms with Gasteiger partial charge in [-0.25, -0.2) is 4.79 Å². The minimum atomic E-state index is -0.276. The van der Waals surface area contributed by atoms with Gasteiger partial charge in [0.2, 0.25) is 0 Å². The van der Waals surface area contributed by atoms with Crippen molar-refractivity contribution in [3.8, 4) is 0 Å². The lowest BCUT2D eigenvalue weighted by Crippen LogP contribution is -2.36. The highest BCUT2D eigenvalue weighted by molar-refractivity contribution is 5.91. The van der Waals surface area contributed by atoms with E-state index in [2.05, 4.69) is 0 Å². The summed E-state index contributed by atoms with van der Waals surface area (Å²) in [7, 11) is 0. The Morgan fingerprint density at radius 2 is 1.79 bits per heavy atom. The highest BCUT2D eigenvalue weighted by atomic mass is 16.5. The first-order valence-corrected chi connectivity index (χ1v) is 6.64. The quantitative estimate of drug-likeness (QED) is 0.669. The van der Waals surface area contributed by atoms with Gasteiger partial charge in [-0.1, -0.05) is 18.2 Å². The number of cyclic esters (lactones) is 1. The van der Waals surface area contributed by atoms with Gasteiger partial charge in [-0.2, -0.15) is 0 Å². The Bertz CT molecular complexity index is 509. The monoisotopic (exact) mass is 260 g/mol. The van der Waals surface area contributed by atoms with Crippen LogP contribution >= 0.6 is 0 Å². The molecule has 1 aromatic carbocycles. The van der Waals surface area contributed by atoms with Crippen LogP contribution in [0.5, 0.6) is 0 Å². The van der Waals surface area contributed by atoms with Gasteiger partial charge < -0.3 is 9.47 Å². The molecule has 0 spiro atoms. The molecule has 100 valence electrons. The van der Waals surface area contributed by atoms with Gasteiger partial charge in [0, 0.05) is 19.3 Å². The summed E-state index contributed by atoms with van der Waals surface area (Å²) in [4.78, 5) is 23.7. The molecule has 2 aliphatic heterocycles. The van der Waals surface area contributed by atoms with Crippen molar-refractivity contribution < 1.29 is 19.1 Å². The SMILES string of the molecule is O=C1C[C@@H]2CCOC(=O)c3ccccc3C[C@H](C1)O2. The van der Waals surface area contributed by atoms with Crippen LogP contribution in [-0.4, -0.2) is 30.6 Å². The van der Waals surface area contributed by atoms with Crippen molar-refractivity contribution in [3.05, 3.63) is 35.4 Å². The van der Waals surface area contributed by atoms with E-state index < -0.39 is 0 Å². The van der Waals surface area contributed by atoms with E-state index in [9.17, 15) is 9.59 Å². The summed E-state index contributed by atoms with van der Waals surface area (Å²) in [6, 6.07) is 7.37. The normalized spacial score (nSPS) is 27.4. The van der Waals surface area contributed by atoms with Crippen LogP contribution in [0.2, 0.25) is 0 Å². The molecule has 2 heterocycles. The lowest BCUT2D eigenvalue weighted by atomic mass is 9.94. The fourth-order valence-corrected chi connectivity index (χ4v) is 2.75. The molecule has 1 saturated heterocycles. The van der Waals surface area contributed by atoms with Gasteiger partial charge in [0.15, 0.2) is 0 Å². The topological polar surface area (TPSA) is 52.6 Å². The van der Waals surface area contributed by atoms with Crippen LogP contribution < -0.4 is 0 Å². The average Bonchev–Trinajstić information content (AvgIpc) is 2.38. The van der Waals surface area contributed by atoms with E-state index in [1.54, 1.807) is 6.07 Å². The summed E-state index contributed by atoms with van der Waals surface area (Å²) in [6.07, 6.45) is 1.85. The molecule has 0 radical (unpaired) electrons. The van der Waals surface area contributed by atoms with Crippen LogP contribution in [-0.2, 0) is 20.7 Å². The summed E-state index contributed by atoms with van der Waals surface area (Å²) in [5.41, 5.74) is 1.48. The van der Waals surface area contributed by atoms with E-state index in [4.69, 9.17) is 9.47 Å². The van der Waals surface area contributed by atoms with E-state index in [-0.39, 0.29) is 24.0 Å². The fourth-order valence-electron chi connectivity index (χ4n) is 2.75. The number of carbonyl (C=O) groups excluding carboxylic acids is 2. The van der Waals surface area contributed by atoms with Crippen molar-refractivity contribution in [2.75, 3.05) is 6.61 Å². The smallest absolute Gasteiger partial charge is 0.338 e. The first-order chi connectivity index (χ1) is 9.22. The maximum atomic E-state index is 12.0. The van der Waals surface area contributed by atoms with Gasteiger partial charge in [0.25, 0.3) is 0 Å². The van der Waals surface area contributed by atoms with Crippen LogP contribution in [0.15, 0.2) is 24.3 Å². The van der Waals surface area contributed by atoms with Gasteiger partial charge in [-0.15, -0.1) is 0 Å². The third-order valence-corrected chi connectivity index (χ3v) is 3.65. The number of ether oxygens (including phenoxy) is 2. The summed E-state index contributed by atoms with van der Waals surface area (Å²) in [5, 5.41) is 0. The first kappa shape index (κ1) is 12.4. The van der Waals surface area contributed by atoms with Gasteiger partial charge in [0.1, 0.15) is 5.78 Å². The zero-order valence-electron chi connectivity index (χ0n) is 10.6. The van der Waals surface area contributed by atoms with Crippen molar-refractivity contribution in [2.24, 2.45) is 0 Å². The number of fused-ring (bicyclic) bond motifs is 3. The molecule has 2 aliphatic rings. The van der Waals surface area contributed by atoms with Crippen molar-refractivity contribution in [3.63, 3.8) is 0 Å². The molecule has 1 aromatic rings. The molecule has 3 rings (SSSR count). The molecule has 4 heteroatoms. The minimum absolute atomic E-state index is 0.107. The van der Waals surface area contributed by atoms with Gasteiger partial charge in [-0.3, -0.25) is 4.79 Å². The molecule has 0 amide bonds. The lowest BCUT2D eigenvalue weighted by Gasteiger charge is -2.30. The molecule has 1 fully saturated rings. The van der Waals surface area contributed by atoms with Crippen LogP contribution in [0.4, 0.5) is 0 Å². The van der Waals surface area contributed by atoms with Crippen molar-refractivity contribution in [1.29, 1.82) is 0 Å². The third-order valence-electron chi connectivity index (χ3n) is 3.65. The largest absolute Gasteiger partial charge is 0.462 e. The zero-order valence-corrected chi connectivity index (χ0v) is 10.6. The predicted molar refractivity (Wildman–Crippen MR) is 67.9 cm³/mol. The number of ketones is 1. The highest BCUT2D eigenvalue weighted by Gasteiger charge is 2.30. The Morgan fingerprint density at radius 3 is 2.68 bits per heavy atom. The maximum Gasteiger partial charge on any atom is 0.338 e. The van der Waals surface area contributed by atoms with Gasteiger partial charge in [0.05, 0.1) is 24.4 Å². The number of carbonyl (C=O) groups is 2. The van der Waals surface area contributed by atoms with Crippen LogP contribution in [0.3, 0.4) is 0 Å². The van der Waals surface area contributed by atoms with E-state index in [0.717, 1.165) is 5.56 Å². The number of benzene rings is 1. The minimum Gasteiger partial charge on any atom is -0.462 e. The van der Waals surface area contributed by atoms with Crippen LogP contribution in [0, 0.1) is 0 Å². The van der Waals surface area contributed by atoms with Crippen LogP contribution in [0.25, 0.3) is 0 Å². The molecule has 4 nitrogen and oxygen atoms in total. The second-order valence-electron chi connectivity index (χ2n) is 5.11. The number of hydrogen-bond donors (Lipinski definition) is 0. The lowest BCUT2D eigenvalue weighted by molar-refractivity contribution is -0.136. The van der Waals surface area contributed by atoms with E-state index in [1.165, 1.54) is 0 Å². The standard InChI is InChI=1S/C15H16O4/c16-11-8-12-5-6-18-15(17)14-4-2-1-3-10(14)7-13(9-11)19-12/h1-4,12-13H,5-9H2/t12-,13+/m0/s1. The summed E-state index contributed by atoms with van der Waals surface area (Å²) >= 11 is 0. The molecule has 0 aliphatic carbocycles. The zero-order chi connectivity index (χ0) is 13.2. The Balaban J connectivity index is 1.92. The Kier molecular flexibility index (Phi) is 3.34. The Labute approximate surface area is 111 Å². The number of Topliss-reactive ketones (excluding diaryl/α,β-unsaturated/α-hetero) is 1. The summed E-state index contributed by atoms with van der Waals surface area (Å²) in [6.45, 7) is 0.303. The van der Waals surface area contributed by atoms with Crippen LogP contribution in [0.1, 0.15) is 35.2 Å². The van der Waals surface area contributed by atoms with E-state index in [1.807, 2.05) is 18.2 Å².